The molecule has 1 fully saturated rings. The van der Waals surface area contributed by atoms with E-state index in [2.05, 4.69) is 0 Å². The highest BCUT2D eigenvalue weighted by Crippen LogP contribution is 2.37. The van der Waals surface area contributed by atoms with E-state index in [1.807, 2.05) is 59.7 Å². The van der Waals surface area contributed by atoms with Gasteiger partial charge in [0.2, 0.25) is 0 Å². The van der Waals surface area contributed by atoms with Gasteiger partial charge < -0.3 is 24.5 Å². The predicted octanol–water partition coefficient (Wildman–Crippen LogP) is 2.11. The first kappa shape index (κ1) is 18.1. The van der Waals surface area contributed by atoms with Crippen LogP contribution in [-0.4, -0.2) is 37.6 Å². The third kappa shape index (κ3) is 3.65. The molecule has 1 aliphatic heterocycles. The number of methoxy groups -OCH3 is 1. The van der Waals surface area contributed by atoms with Gasteiger partial charge in [0.1, 0.15) is 5.60 Å². The van der Waals surface area contributed by atoms with Crippen molar-refractivity contribution < 1.29 is 18.8 Å². The molecular formula is C17H28BNO4. The lowest BCUT2D eigenvalue weighted by Crippen LogP contribution is -2.41. The molecule has 1 aromatic carbocycles. The van der Waals surface area contributed by atoms with Crippen LogP contribution in [0.25, 0.3) is 0 Å². The van der Waals surface area contributed by atoms with Gasteiger partial charge in [-0.15, -0.1) is 0 Å². The van der Waals surface area contributed by atoms with Gasteiger partial charge in [-0.2, -0.15) is 0 Å². The highest BCUT2D eigenvalue weighted by atomic mass is 16.7. The highest BCUT2D eigenvalue weighted by Gasteiger charge is 2.51. The second-order valence-corrected chi connectivity index (χ2v) is 7.56. The minimum Gasteiger partial charge on any atom is -0.493 e. The largest absolute Gasteiger partial charge is 0.494 e. The Morgan fingerprint density at radius 1 is 1.09 bits per heavy atom. The Bertz CT molecular complexity index is 556. The Morgan fingerprint density at radius 2 is 1.65 bits per heavy atom. The lowest BCUT2D eigenvalue weighted by Gasteiger charge is -2.32. The average Bonchev–Trinajstić information content (AvgIpc) is 2.67. The Balaban J connectivity index is 2.27. The molecule has 0 aliphatic carbocycles. The molecule has 1 saturated heterocycles. The van der Waals surface area contributed by atoms with E-state index in [1.54, 1.807) is 7.11 Å². The molecule has 2 rings (SSSR count). The van der Waals surface area contributed by atoms with E-state index in [-0.39, 0.29) is 11.2 Å². The van der Waals surface area contributed by atoms with Gasteiger partial charge in [-0.25, -0.2) is 0 Å². The second kappa shape index (κ2) is 6.00. The predicted molar refractivity (Wildman–Crippen MR) is 92.5 cm³/mol. The summed E-state index contributed by atoms with van der Waals surface area (Å²) >= 11 is 0. The molecule has 0 aromatic heterocycles. The van der Waals surface area contributed by atoms with Crippen molar-refractivity contribution in [1.82, 2.24) is 0 Å². The van der Waals surface area contributed by atoms with E-state index in [9.17, 15) is 0 Å². The van der Waals surface area contributed by atoms with Gasteiger partial charge in [0.05, 0.1) is 18.3 Å². The zero-order valence-electron chi connectivity index (χ0n) is 15.2. The molecule has 1 aromatic rings. The Labute approximate surface area is 139 Å². The summed E-state index contributed by atoms with van der Waals surface area (Å²) in [5.74, 6) is 1.29. The normalized spacial score (nSPS) is 19.7. The van der Waals surface area contributed by atoms with Crippen molar-refractivity contribution in [2.45, 2.75) is 58.3 Å². The minimum absolute atomic E-state index is 0.373. The summed E-state index contributed by atoms with van der Waals surface area (Å²) in [6.07, 6.45) is 0. The molecule has 0 bridgehead atoms. The molecule has 2 N–H and O–H groups in total. The molecule has 0 atom stereocenters. The molecule has 128 valence electrons. The van der Waals surface area contributed by atoms with E-state index in [1.165, 1.54) is 0 Å². The van der Waals surface area contributed by atoms with E-state index in [0.717, 1.165) is 5.46 Å². The maximum Gasteiger partial charge on any atom is 0.494 e. The fourth-order valence-electron chi connectivity index (χ4n) is 2.23. The van der Waals surface area contributed by atoms with E-state index >= 15 is 0 Å². The second-order valence-electron chi connectivity index (χ2n) is 7.56. The molecule has 0 spiro atoms. The summed E-state index contributed by atoms with van der Waals surface area (Å²) < 4.78 is 23.5. The first-order valence-electron chi connectivity index (χ1n) is 7.94. The molecule has 0 saturated carbocycles. The van der Waals surface area contributed by atoms with Gasteiger partial charge in [-0.3, -0.25) is 0 Å². The smallest absolute Gasteiger partial charge is 0.493 e. The highest BCUT2D eigenvalue weighted by molar-refractivity contribution is 6.62. The van der Waals surface area contributed by atoms with Gasteiger partial charge in [0, 0.05) is 6.54 Å². The topological polar surface area (TPSA) is 62.9 Å². The van der Waals surface area contributed by atoms with Crippen molar-refractivity contribution in [2.75, 3.05) is 13.7 Å². The van der Waals surface area contributed by atoms with Crippen molar-refractivity contribution in [2.24, 2.45) is 5.73 Å². The molecule has 1 heterocycles. The molecule has 0 amide bonds. The van der Waals surface area contributed by atoms with Crippen LogP contribution in [-0.2, 0) is 9.31 Å². The van der Waals surface area contributed by atoms with Crippen molar-refractivity contribution in [3.8, 4) is 11.5 Å². The summed E-state index contributed by atoms with van der Waals surface area (Å²) in [7, 11) is 1.19. The zero-order chi connectivity index (χ0) is 17.5. The zero-order valence-corrected chi connectivity index (χ0v) is 15.2. The number of ether oxygens (including phenoxy) is 2. The Kier molecular flexibility index (Phi) is 4.73. The summed E-state index contributed by atoms with van der Waals surface area (Å²) in [6, 6.07) is 5.70. The molecule has 0 unspecified atom stereocenters. The molecule has 23 heavy (non-hydrogen) atoms. The maximum atomic E-state index is 6.07. The lowest BCUT2D eigenvalue weighted by atomic mass is 9.79. The summed E-state index contributed by atoms with van der Waals surface area (Å²) in [5, 5.41) is 0. The van der Waals surface area contributed by atoms with E-state index in [0.29, 0.717) is 18.0 Å². The first-order valence-corrected chi connectivity index (χ1v) is 7.94. The van der Waals surface area contributed by atoms with Crippen molar-refractivity contribution in [3.05, 3.63) is 18.2 Å². The van der Waals surface area contributed by atoms with E-state index in [4.69, 9.17) is 24.5 Å². The number of hydrogen-bond donors (Lipinski definition) is 1. The van der Waals surface area contributed by atoms with Gasteiger partial charge in [-0.1, -0.05) is 6.07 Å². The van der Waals surface area contributed by atoms with Crippen LogP contribution < -0.4 is 20.7 Å². The van der Waals surface area contributed by atoms with Crippen molar-refractivity contribution in [1.29, 1.82) is 0 Å². The number of benzene rings is 1. The van der Waals surface area contributed by atoms with Gasteiger partial charge in [0.25, 0.3) is 0 Å². The Hall–Kier alpha value is -1.24. The Morgan fingerprint density at radius 3 is 2.13 bits per heavy atom. The quantitative estimate of drug-likeness (QED) is 0.842. The summed E-state index contributed by atoms with van der Waals surface area (Å²) in [4.78, 5) is 0. The first-order chi connectivity index (χ1) is 10.5. The van der Waals surface area contributed by atoms with Crippen LogP contribution in [0.3, 0.4) is 0 Å². The van der Waals surface area contributed by atoms with Crippen LogP contribution in [0, 0.1) is 0 Å². The average molecular weight is 321 g/mol. The maximum absolute atomic E-state index is 6.07. The van der Waals surface area contributed by atoms with Crippen molar-refractivity contribution >= 4 is 12.6 Å². The summed E-state index contributed by atoms with van der Waals surface area (Å²) in [6.45, 7) is 12.4. The van der Waals surface area contributed by atoms with Crippen LogP contribution in [0.4, 0.5) is 0 Å². The fourth-order valence-corrected chi connectivity index (χ4v) is 2.23. The lowest BCUT2D eigenvalue weighted by molar-refractivity contribution is 0.00578. The molecule has 0 radical (unpaired) electrons. The molecular weight excluding hydrogens is 293 g/mol. The summed E-state index contributed by atoms with van der Waals surface area (Å²) in [5.41, 5.74) is 5.42. The van der Waals surface area contributed by atoms with Crippen LogP contribution in [0.15, 0.2) is 18.2 Å². The number of rotatable bonds is 5. The van der Waals surface area contributed by atoms with Crippen LogP contribution in [0.2, 0.25) is 0 Å². The van der Waals surface area contributed by atoms with Crippen molar-refractivity contribution in [3.63, 3.8) is 0 Å². The molecule has 1 aliphatic rings. The van der Waals surface area contributed by atoms with Gasteiger partial charge in [0.15, 0.2) is 11.5 Å². The van der Waals surface area contributed by atoms with Crippen LogP contribution >= 0.6 is 0 Å². The SMILES string of the molecule is COc1cc(B2OC(C)(C)C(C)(C)O2)ccc1OC(C)(C)CN. The van der Waals surface area contributed by atoms with Crippen LogP contribution in [0.5, 0.6) is 11.5 Å². The van der Waals surface area contributed by atoms with Gasteiger partial charge in [-0.05, 0) is 59.1 Å². The minimum atomic E-state index is -0.459. The van der Waals surface area contributed by atoms with Crippen LogP contribution in [0.1, 0.15) is 41.5 Å². The van der Waals surface area contributed by atoms with E-state index < -0.39 is 12.7 Å². The third-order valence-corrected chi connectivity index (χ3v) is 4.59. The number of nitrogens with two attached hydrogens (primary N) is 1. The monoisotopic (exact) mass is 321 g/mol. The molecule has 5 nitrogen and oxygen atoms in total. The third-order valence-electron chi connectivity index (χ3n) is 4.59. The molecule has 6 heteroatoms. The van der Waals surface area contributed by atoms with Gasteiger partial charge >= 0.3 is 7.12 Å². The number of hydrogen-bond acceptors (Lipinski definition) is 5. The fraction of sp³-hybridized carbons (Fsp3) is 0.647. The standard InChI is InChI=1S/C17H28BNO4/c1-15(2,11-19)21-13-9-8-12(10-14(13)20-7)18-22-16(3,4)17(5,6)23-18/h8-10H,11,19H2,1-7H3.